The average Bonchev–Trinajstić information content (AvgIpc) is 3.08. The molecule has 0 spiro atoms. The number of pyridine rings is 1. The second-order valence-electron chi connectivity index (χ2n) is 5.31. The molecule has 1 fully saturated rings. The van der Waals surface area contributed by atoms with Gasteiger partial charge in [0.05, 0.1) is 13.1 Å². The molecule has 0 aliphatic carbocycles. The number of carbonyl (C=O) groups excluding carboxylic acids is 1. The summed E-state index contributed by atoms with van der Waals surface area (Å²) in [5, 5.41) is 5.01. The SMILES string of the molecule is O=C(CN1CCN(c2ccccn2)CC1)NCc1cccs1. The maximum Gasteiger partial charge on any atom is 0.234 e. The van der Waals surface area contributed by atoms with Crippen LogP contribution in [-0.2, 0) is 11.3 Å². The van der Waals surface area contributed by atoms with Crippen LogP contribution < -0.4 is 10.2 Å². The summed E-state index contributed by atoms with van der Waals surface area (Å²) < 4.78 is 0. The Morgan fingerprint density at radius 2 is 2.05 bits per heavy atom. The van der Waals surface area contributed by atoms with Gasteiger partial charge in [-0.15, -0.1) is 11.3 Å². The Hall–Kier alpha value is -1.92. The smallest absolute Gasteiger partial charge is 0.234 e. The second-order valence-corrected chi connectivity index (χ2v) is 6.34. The van der Waals surface area contributed by atoms with Crippen LogP contribution in [0.25, 0.3) is 0 Å². The second kappa shape index (κ2) is 7.38. The quantitative estimate of drug-likeness (QED) is 0.910. The Kier molecular flexibility index (Phi) is 5.03. The number of hydrogen-bond donors (Lipinski definition) is 1. The van der Waals surface area contributed by atoms with Gasteiger partial charge >= 0.3 is 0 Å². The summed E-state index contributed by atoms with van der Waals surface area (Å²) in [5.74, 6) is 1.11. The molecule has 2 aromatic rings. The van der Waals surface area contributed by atoms with Gasteiger partial charge in [-0.25, -0.2) is 4.98 Å². The number of amides is 1. The van der Waals surface area contributed by atoms with E-state index < -0.39 is 0 Å². The Morgan fingerprint density at radius 3 is 2.73 bits per heavy atom. The van der Waals surface area contributed by atoms with Crippen molar-refractivity contribution in [2.24, 2.45) is 0 Å². The Labute approximate surface area is 134 Å². The molecule has 3 rings (SSSR count). The molecule has 1 aliphatic heterocycles. The summed E-state index contributed by atoms with van der Waals surface area (Å²) in [6, 6.07) is 10.0. The normalized spacial score (nSPS) is 15.7. The van der Waals surface area contributed by atoms with Crippen molar-refractivity contribution in [1.82, 2.24) is 15.2 Å². The van der Waals surface area contributed by atoms with Crippen LogP contribution in [0.15, 0.2) is 41.9 Å². The van der Waals surface area contributed by atoms with Crippen molar-refractivity contribution in [1.29, 1.82) is 0 Å². The highest BCUT2D eigenvalue weighted by Gasteiger charge is 2.19. The first-order valence-electron chi connectivity index (χ1n) is 7.49. The van der Waals surface area contributed by atoms with E-state index in [1.54, 1.807) is 11.3 Å². The molecule has 0 radical (unpaired) electrons. The molecular formula is C16H20N4OS. The Morgan fingerprint density at radius 1 is 1.18 bits per heavy atom. The topological polar surface area (TPSA) is 48.5 Å². The van der Waals surface area contributed by atoms with Crippen molar-refractivity contribution in [2.45, 2.75) is 6.54 Å². The molecule has 116 valence electrons. The Bertz CT molecular complexity index is 579. The Balaban J connectivity index is 1.41. The lowest BCUT2D eigenvalue weighted by Gasteiger charge is -2.34. The zero-order valence-electron chi connectivity index (χ0n) is 12.4. The highest BCUT2D eigenvalue weighted by molar-refractivity contribution is 7.09. The zero-order valence-corrected chi connectivity index (χ0v) is 13.3. The minimum Gasteiger partial charge on any atom is -0.354 e. The molecule has 0 aromatic carbocycles. The first-order chi connectivity index (χ1) is 10.8. The molecule has 0 bridgehead atoms. The van der Waals surface area contributed by atoms with E-state index in [-0.39, 0.29) is 5.91 Å². The van der Waals surface area contributed by atoms with Crippen LogP contribution in [0, 0.1) is 0 Å². The van der Waals surface area contributed by atoms with Crippen molar-refractivity contribution in [3.05, 3.63) is 46.8 Å². The van der Waals surface area contributed by atoms with Gasteiger partial charge in [-0.3, -0.25) is 9.69 Å². The number of aromatic nitrogens is 1. The lowest BCUT2D eigenvalue weighted by atomic mass is 10.3. The van der Waals surface area contributed by atoms with E-state index in [1.165, 1.54) is 4.88 Å². The maximum atomic E-state index is 12.0. The lowest BCUT2D eigenvalue weighted by molar-refractivity contribution is -0.122. The van der Waals surface area contributed by atoms with Gasteiger partial charge in [-0.2, -0.15) is 0 Å². The van der Waals surface area contributed by atoms with Crippen LogP contribution in [0.4, 0.5) is 5.82 Å². The van der Waals surface area contributed by atoms with Gasteiger partial charge in [0.2, 0.25) is 5.91 Å². The predicted octanol–water partition coefficient (Wildman–Crippen LogP) is 1.58. The summed E-state index contributed by atoms with van der Waals surface area (Å²) in [6.45, 7) is 4.71. The third-order valence-electron chi connectivity index (χ3n) is 3.75. The number of thiophene rings is 1. The molecule has 6 heteroatoms. The van der Waals surface area contributed by atoms with E-state index in [9.17, 15) is 4.79 Å². The molecule has 1 aliphatic rings. The molecule has 2 aromatic heterocycles. The number of anilines is 1. The van der Waals surface area contributed by atoms with E-state index in [2.05, 4.69) is 20.1 Å². The molecular weight excluding hydrogens is 296 g/mol. The first kappa shape index (κ1) is 15.0. The van der Waals surface area contributed by atoms with Crippen LogP contribution in [0.2, 0.25) is 0 Å². The minimum absolute atomic E-state index is 0.0969. The minimum atomic E-state index is 0.0969. The predicted molar refractivity (Wildman–Crippen MR) is 89.1 cm³/mol. The van der Waals surface area contributed by atoms with Crippen molar-refractivity contribution >= 4 is 23.1 Å². The average molecular weight is 316 g/mol. The number of nitrogens with one attached hydrogen (secondary N) is 1. The first-order valence-corrected chi connectivity index (χ1v) is 8.36. The number of piperazine rings is 1. The maximum absolute atomic E-state index is 12.0. The van der Waals surface area contributed by atoms with Crippen LogP contribution in [0.5, 0.6) is 0 Å². The molecule has 1 amide bonds. The largest absolute Gasteiger partial charge is 0.354 e. The van der Waals surface area contributed by atoms with E-state index in [0.29, 0.717) is 13.1 Å². The standard InChI is InChI=1S/C16H20N4OS/c21-16(18-12-14-4-3-11-22-14)13-19-7-9-20(10-8-19)15-5-1-2-6-17-15/h1-6,11H,7-10,12-13H2,(H,18,21). The van der Waals surface area contributed by atoms with E-state index >= 15 is 0 Å². The number of carbonyl (C=O) groups is 1. The van der Waals surface area contributed by atoms with Crippen LogP contribution in [0.3, 0.4) is 0 Å². The molecule has 22 heavy (non-hydrogen) atoms. The van der Waals surface area contributed by atoms with Crippen molar-refractivity contribution < 1.29 is 4.79 Å². The van der Waals surface area contributed by atoms with Crippen molar-refractivity contribution in [3.63, 3.8) is 0 Å². The van der Waals surface area contributed by atoms with Crippen LogP contribution in [0.1, 0.15) is 4.88 Å². The molecule has 0 saturated carbocycles. The van der Waals surface area contributed by atoms with E-state index in [4.69, 9.17) is 0 Å². The van der Waals surface area contributed by atoms with Crippen LogP contribution >= 0.6 is 11.3 Å². The van der Waals surface area contributed by atoms with E-state index in [1.807, 2.05) is 41.9 Å². The third kappa shape index (κ3) is 4.05. The fourth-order valence-electron chi connectivity index (χ4n) is 2.53. The van der Waals surface area contributed by atoms with Gasteiger partial charge in [-0.05, 0) is 23.6 Å². The van der Waals surface area contributed by atoms with Gasteiger partial charge in [0, 0.05) is 37.3 Å². The van der Waals surface area contributed by atoms with Gasteiger partial charge in [0.15, 0.2) is 0 Å². The van der Waals surface area contributed by atoms with Gasteiger partial charge < -0.3 is 10.2 Å². The molecule has 0 unspecified atom stereocenters. The third-order valence-corrected chi connectivity index (χ3v) is 4.63. The van der Waals surface area contributed by atoms with Crippen LogP contribution in [-0.4, -0.2) is 48.5 Å². The summed E-state index contributed by atoms with van der Waals surface area (Å²) in [4.78, 5) is 22.0. The van der Waals surface area contributed by atoms with Crippen molar-refractivity contribution in [3.8, 4) is 0 Å². The van der Waals surface area contributed by atoms with Crippen molar-refractivity contribution in [2.75, 3.05) is 37.6 Å². The fraction of sp³-hybridized carbons (Fsp3) is 0.375. The molecule has 5 nitrogen and oxygen atoms in total. The van der Waals surface area contributed by atoms with Gasteiger partial charge in [-0.1, -0.05) is 12.1 Å². The lowest BCUT2D eigenvalue weighted by Crippen LogP contribution is -2.49. The highest BCUT2D eigenvalue weighted by atomic mass is 32.1. The number of rotatable bonds is 5. The zero-order chi connectivity index (χ0) is 15.2. The fourth-order valence-corrected chi connectivity index (χ4v) is 3.18. The molecule has 3 heterocycles. The molecule has 0 atom stereocenters. The molecule has 1 N–H and O–H groups in total. The van der Waals surface area contributed by atoms with Gasteiger partial charge in [0.25, 0.3) is 0 Å². The summed E-state index contributed by atoms with van der Waals surface area (Å²) in [5.41, 5.74) is 0. The summed E-state index contributed by atoms with van der Waals surface area (Å²) in [7, 11) is 0. The monoisotopic (exact) mass is 316 g/mol. The number of nitrogens with zero attached hydrogens (tertiary/aromatic N) is 3. The van der Waals surface area contributed by atoms with E-state index in [0.717, 1.165) is 32.0 Å². The van der Waals surface area contributed by atoms with Gasteiger partial charge in [0.1, 0.15) is 5.82 Å². The summed E-state index contributed by atoms with van der Waals surface area (Å²) in [6.07, 6.45) is 1.82. The summed E-state index contributed by atoms with van der Waals surface area (Å²) >= 11 is 1.67. The number of hydrogen-bond acceptors (Lipinski definition) is 5. The molecule has 1 saturated heterocycles. The highest BCUT2D eigenvalue weighted by Crippen LogP contribution is 2.12.